The van der Waals surface area contributed by atoms with E-state index in [0.717, 1.165) is 50.3 Å². The number of nitrogens with one attached hydrogen (secondary N) is 1. The number of hydrogen-bond donors (Lipinski definition) is 1. The van der Waals surface area contributed by atoms with E-state index in [2.05, 4.69) is 5.32 Å². The zero-order valence-corrected chi connectivity index (χ0v) is 12.8. The number of ether oxygens (including phenoxy) is 2. The molecule has 0 aromatic heterocycles. The molecule has 1 aromatic carbocycles. The van der Waals surface area contributed by atoms with Crippen molar-refractivity contribution in [2.24, 2.45) is 5.92 Å². The van der Waals surface area contributed by atoms with Crippen LogP contribution in [0.3, 0.4) is 0 Å². The summed E-state index contributed by atoms with van der Waals surface area (Å²) in [5.41, 5.74) is 1.08. The van der Waals surface area contributed by atoms with Crippen molar-refractivity contribution in [1.82, 2.24) is 5.32 Å². The van der Waals surface area contributed by atoms with Gasteiger partial charge in [-0.05, 0) is 37.4 Å². The predicted octanol–water partition coefficient (Wildman–Crippen LogP) is 3.83. The lowest BCUT2D eigenvalue weighted by Gasteiger charge is -2.30. The fourth-order valence-corrected chi connectivity index (χ4v) is 3.46. The average Bonchev–Trinajstić information content (AvgIpc) is 2.46. The second kappa shape index (κ2) is 6.52. The summed E-state index contributed by atoms with van der Waals surface area (Å²) in [4.78, 5) is 0. The highest BCUT2D eigenvalue weighted by atomic mass is 35.5. The van der Waals surface area contributed by atoms with Gasteiger partial charge in [0.15, 0.2) is 0 Å². The maximum Gasteiger partial charge on any atom is 0.142 e. The zero-order valence-electron chi connectivity index (χ0n) is 11.3. The van der Waals surface area contributed by atoms with Crippen LogP contribution in [-0.2, 0) is 4.74 Å². The first-order valence-electron chi connectivity index (χ1n) is 7.17. The van der Waals surface area contributed by atoms with Gasteiger partial charge in [0.25, 0.3) is 0 Å². The lowest BCUT2D eigenvalue weighted by atomic mass is 9.97. The van der Waals surface area contributed by atoms with Gasteiger partial charge in [-0.2, -0.15) is 0 Å². The molecule has 3 nitrogen and oxygen atoms in total. The third kappa shape index (κ3) is 3.22. The van der Waals surface area contributed by atoms with Crippen molar-refractivity contribution in [3.05, 3.63) is 27.7 Å². The summed E-state index contributed by atoms with van der Waals surface area (Å²) in [7, 11) is 0. The van der Waals surface area contributed by atoms with Crippen LogP contribution in [0.1, 0.15) is 30.9 Å². The molecule has 110 valence electrons. The van der Waals surface area contributed by atoms with Gasteiger partial charge in [0.1, 0.15) is 5.75 Å². The van der Waals surface area contributed by atoms with E-state index in [9.17, 15) is 0 Å². The Hall–Kier alpha value is -0.480. The van der Waals surface area contributed by atoms with Crippen molar-refractivity contribution in [3.8, 4) is 5.75 Å². The molecule has 0 aliphatic carbocycles. The van der Waals surface area contributed by atoms with E-state index in [1.165, 1.54) is 0 Å². The van der Waals surface area contributed by atoms with E-state index >= 15 is 0 Å². The first-order chi connectivity index (χ1) is 9.74. The molecule has 1 atom stereocenters. The van der Waals surface area contributed by atoms with Gasteiger partial charge >= 0.3 is 0 Å². The fraction of sp³-hybridized carbons (Fsp3) is 0.600. The molecular weight excluding hydrogens is 297 g/mol. The summed E-state index contributed by atoms with van der Waals surface area (Å²) in [6, 6.07) is 3.98. The summed E-state index contributed by atoms with van der Waals surface area (Å²) < 4.78 is 11.1. The third-order valence-corrected chi connectivity index (χ3v) is 4.56. The van der Waals surface area contributed by atoms with E-state index in [0.29, 0.717) is 22.6 Å². The fourth-order valence-electron chi connectivity index (χ4n) is 2.90. The summed E-state index contributed by atoms with van der Waals surface area (Å²) in [5.74, 6) is 1.48. The highest BCUT2D eigenvalue weighted by Gasteiger charge is 2.25. The number of halogens is 2. The van der Waals surface area contributed by atoms with Crippen molar-refractivity contribution in [2.45, 2.75) is 25.3 Å². The molecule has 20 heavy (non-hydrogen) atoms. The Labute approximate surface area is 129 Å². The minimum atomic E-state index is 0.276. The van der Waals surface area contributed by atoms with Crippen LogP contribution in [0.5, 0.6) is 5.75 Å². The van der Waals surface area contributed by atoms with E-state index in [1.54, 1.807) is 6.07 Å². The zero-order chi connectivity index (χ0) is 13.9. The lowest BCUT2D eigenvalue weighted by molar-refractivity contribution is 0.0648. The van der Waals surface area contributed by atoms with Crippen LogP contribution in [0.4, 0.5) is 0 Å². The number of hydrogen-bond acceptors (Lipinski definition) is 3. The van der Waals surface area contributed by atoms with Crippen LogP contribution >= 0.6 is 23.2 Å². The topological polar surface area (TPSA) is 30.5 Å². The molecule has 0 amide bonds. The van der Waals surface area contributed by atoms with Gasteiger partial charge in [-0.25, -0.2) is 0 Å². The first kappa shape index (κ1) is 14.5. The Balaban J connectivity index is 1.69. The molecule has 1 fully saturated rings. The van der Waals surface area contributed by atoms with Crippen molar-refractivity contribution in [3.63, 3.8) is 0 Å². The molecule has 0 bridgehead atoms. The molecule has 0 saturated carbocycles. The number of fused-ring (bicyclic) bond motifs is 1. The highest BCUT2D eigenvalue weighted by Crippen LogP contribution is 2.40. The minimum Gasteiger partial charge on any atom is -0.492 e. The lowest BCUT2D eigenvalue weighted by Crippen LogP contribution is -2.33. The molecule has 2 aliphatic heterocycles. The van der Waals surface area contributed by atoms with Crippen molar-refractivity contribution >= 4 is 23.2 Å². The second-order valence-electron chi connectivity index (χ2n) is 5.46. The van der Waals surface area contributed by atoms with Crippen LogP contribution in [0.15, 0.2) is 12.1 Å². The Morgan fingerprint density at radius 3 is 2.70 bits per heavy atom. The van der Waals surface area contributed by atoms with Gasteiger partial charge in [-0.15, -0.1) is 0 Å². The van der Waals surface area contributed by atoms with Crippen molar-refractivity contribution in [2.75, 3.05) is 26.4 Å². The van der Waals surface area contributed by atoms with E-state index in [-0.39, 0.29) is 6.04 Å². The second-order valence-corrected chi connectivity index (χ2v) is 6.30. The van der Waals surface area contributed by atoms with Crippen LogP contribution in [0.25, 0.3) is 0 Å². The molecule has 1 unspecified atom stereocenters. The quantitative estimate of drug-likeness (QED) is 0.919. The molecule has 3 rings (SSSR count). The summed E-state index contributed by atoms with van der Waals surface area (Å²) in [5, 5.41) is 4.92. The Morgan fingerprint density at radius 1 is 1.10 bits per heavy atom. The van der Waals surface area contributed by atoms with Gasteiger partial charge in [0.05, 0.1) is 11.6 Å². The molecule has 0 spiro atoms. The van der Waals surface area contributed by atoms with Crippen LogP contribution in [0, 0.1) is 5.92 Å². The molecule has 1 saturated heterocycles. The van der Waals surface area contributed by atoms with Crippen molar-refractivity contribution < 1.29 is 9.47 Å². The molecule has 5 heteroatoms. The summed E-state index contributed by atoms with van der Waals surface area (Å²) in [6.07, 6.45) is 3.23. The molecular formula is C15H19Cl2NO2. The van der Waals surface area contributed by atoms with Gasteiger partial charge in [0.2, 0.25) is 0 Å². The van der Waals surface area contributed by atoms with Gasteiger partial charge in [-0.3, -0.25) is 0 Å². The first-order valence-corrected chi connectivity index (χ1v) is 7.92. The highest BCUT2D eigenvalue weighted by molar-refractivity contribution is 6.35. The smallest absolute Gasteiger partial charge is 0.142 e. The molecule has 0 radical (unpaired) electrons. The van der Waals surface area contributed by atoms with E-state index < -0.39 is 0 Å². The van der Waals surface area contributed by atoms with E-state index in [1.807, 2.05) is 6.07 Å². The maximum atomic E-state index is 6.21. The largest absolute Gasteiger partial charge is 0.492 e. The third-order valence-electron chi connectivity index (χ3n) is 4.06. The number of rotatable bonds is 3. The van der Waals surface area contributed by atoms with Gasteiger partial charge < -0.3 is 14.8 Å². The summed E-state index contributed by atoms with van der Waals surface area (Å²) >= 11 is 12.3. The van der Waals surface area contributed by atoms with Gasteiger partial charge in [-0.1, -0.05) is 23.2 Å². The molecule has 1 N–H and O–H groups in total. The van der Waals surface area contributed by atoms with Gasteiger partial charge in [0, 0.05) is 36.3 Å². The van der Waals surface area contributed by atoms with E-state index in [4.69, 9.17) is 32.7 Å². The summed E-state index contributed by atoms with van der Waals surface area (Å²) in [6.45, 7) is 3.47. The minimum absolute atomic E-state index is 0.276. The van der Waals surface area contributed by atoms with Crippen LogP contribution in [-0.4, -0.2) is 26.4 Å². The standard InChI is InChI=1S/C15H19Cl2NO2/c16-11-7-12-14(3-6-20-15(12)13(17)8-11)18-9-10-1-4-19-5-2-10/h7-8,10,14,18H,1-6,9H2. The molecule has 1 aromatic rings. The Bertz CT molecular complexity index is 475. The number of benzene rings is 1. The average molecular weight is 316 g/mol. The normalized spacial score (nSPS) is 23.2. The Morgan fingerprint density at radius 2 is 1.90 bits per heavy atom. The molecule has 2 aliphatic rings. The molecule has 2 heterocycles. The maximum absolute atomic E-state index is 6.21. The Kier molecular flexibility index (Phi) is 4.72. The van der Waals surface area contributed by atoms with Crippen LogP contribution < -0.4 is 10.1 Å². The van der Waals surface area contributed by atoms with Crippen molar-refractivity contribution in [1.29, 1.82) is 0 Å². The predicted molar refractivity (Wildman–Crippen MR) is 80.9 cm³/mol. The monoisotopic (exact) mass is 315 g/mol. The van der Waals surface area contributed by atoms with Crippen LogP contribution in [0.2, 0.25) is 10.0 Å². The SMILES string of the molecule is Clc1cc(Cl)c2c(c1)C(NCC1CCOCC1)CCO2.